The van der Waals surface area contributed by atoms with Crippen LogP contribution in [0, 0.1) is 18.6 Å². The summed E-state index contributed by atoms with van der Waals surface area (Å²) in [5, 5.41) is 0. The van der Waals surface area contributed by atoms with Gasteiger partial charge in [-0.25, -0.2) is 17.6 Å². The number of hydrogen-bond donors (Lipinski definition) is 0. The molecular formula is C81H76F4N4O5. The summed E-state index contributed by atoms with van der Waals surface area (Å²) in [7, 11) is 7.64. The lowest BCUT2D eigenvalue weighted by Crippen LogP contribution is -2.22. The fraction of sp³-hybridized carbons (Fsp3) is 0.160. The molecule has 0 aromatic heterocycles. The molecule has 0 saturated carbocycles. The van der Waals surface area contributed by atoms with Crippen LogP contribution >= 0.6 is 0 Å². The summed E-state index contributed by atoms with van der Waals surface area (Å²) in [5.41, 5.74) is 16.5. The summed E-state index contributed by atoms with van der Waals surface area (Å²) in [6.07, 6.45) is 9.64. The Bertz CT molecular complexity index is 4180. The van der Waals surface area contributed by atoms with Gasteiger partial charge in [0.05, 0.1) is 40.2 Å². The van der Waals surface area contributed by atoms with E-state index in [2.05, 4.69) is 139 Å². The van der Waals surface area contributed by atoms with Gasteiger partial charge in [0, 0.05) is 90.6 Å². The van der Waals surface area contributed by atoms with E-state index in [0.29, 0.717) is 35.9 Å². The van der Waals surface area contributed by atoms with Gasteiger partial charge in [-0.15, -0.1) is 0 Å². The number of anilines is 9. The van der Waals surface area contributed by atoms with E-state index < -0.39 is 29.9 Å². The SMILES string of the molecule is CC/C=C(\C=C/CN(C(/C=C(/F)COC)=C/CF)c1ccc(-c2ccc(N(c3ccc(-c4ccc(N(c5ccc(COC)cc5)c5ccc(OC)cc5)cc4)cc3)c3cc(F)c(OC)c(F)c3)cc2)cc1)c1ccc(N(Cc2ccc(OC)cc2)c2ccc(C)cc2)cc1. The topological polar surface area (TPSA) is 59.1 Å². The zero-order valence-corrected chi connectivity index (χ0v) is 53.9. The summed E-state index contributed by atoms with van der Waals surface area (Å²) in [5.74, 6) is -1.16. The molecule has 10 aromatic rings. The highest BCUT2D eigenvalue weighted by atomic mass is 19.1. The number of methoxy groups -OCH3 is 5. The average Bonchev–Trinajstić information content (AvgIpc) is 0.912. The number of allylic oxidation sites excluding steroid dienone is 5. The number of benzene rings is 10. The molecule has 0 atom stereocenters. The Labute approximate surface area is 549 Å². The molecule has 13 heteroatoms. The second-order valence-electron chi connectivity index (χ2n) is 22.3. The standard InChI is InChI=1S/C81H76F4N4O5/c1-8-10-60(61-20-34-69(35-21-61)87(68-28-12-57(2)13-29-68)54-58-16-44-77(92-5)45-17-58)11-9-50-86(75(48-49-82)51-66(83)56-91-4)67-32-18-62(19-33-67)63-24-38-72(39-25-63)89(76-52-79(84)81(94-7)80(85)53-76)73-40-26-65(27-41-73)64-22-36-71(37-23-64)88(74-42-46-78(93-6)47-43-74)70-30-14-59(15-31-70)55-90-3/h9-48,51-53H,8,49-50,54-56H2,1-7H3/b11-9-,60-10+,66-51+,75-48+. The first-order valence-corrected chi connectivity index (χ1v) is 31.0. The van der Waals surface area contributed by atoms with E-state index in [1.807, 2.05) is 126 Å². The van der Waals surface area contributed by atoms with Crippen molar-refractivity contribution in [3.63, 3.8) is 0 Å². The maximum absolute atomic E-state index is 15.6. The van der Waals surface area contributed by atoms with Gasteiger partial charge in [-0.05, 0) is 191 Å². The second-order valence-corrected chi connectivity index (χ2v) is 22.3. The van der Waals surface area contributed by atoms with Gasteiger partial charge in [0.25, 0.3) is 0 Å². The first-order chi connectivity index (χ1) is 45.9. The molecular weight excluding hydrogens is 1180 g/mol. The molecule has 10 rings (SSSR count). The number of rotatable bonds is 28. The Morgan fingerprint density at radius 2 is 0.883 bits per heavy atom. The van der Waals surface area contributed by atoms with Crippen LogP contribution in [0.25, 0.3) is 27.8 Å². The third kappa shape index (κ3) is 16.3. The first kappa shape index (κ1) is 66.3. The van der Waals surface area contributed by atoms with Gasteiger partial charge in [-0.1, -0.05) is 128 Å². The van der Waals surface area contributed by atoms with Crippen molar-refractivity contribution in [3.8, 4) is 39.5 Å². The monoisotopic (exact) mass is 1260 g/mol. The van der Waals surface area contributed by atoms with Crippen molar-refractivity contribution in [2.75, 3.05) is 75.0 Å². The van der Waals surface area contributed by atoms with Crippen LogP contribution in [0.1, 0.15) is 35.6 Å². The minimum atomic E-state index is -0.845. The molecule has 0 unspecified atom stereocenters. The predicted octanol–water partition coefficient (Wildman–Crippen LogP) is 21.3. The highest BCUT2D eigenvalue weighted by Gasteiger charge is 2.21. The summed E-state index contributed by atoms with van der Waals surface area (Å²) < 4.78 is 87.5. The zero-order valence-electron chi connectivity index (χ0n) is 53.9. The van der Waals surface area contributed by atoms with Crippen LogP contribution in [-0.4, -0.2) is 55.4 Å². The number of alkyl halides is 1. The van der Waals surface area contributed by atoms with Crippen LogP contribution in [0.4, 0.5) is 68.7 Å². The summed E-state index contributed by atoms with van der Waals surface area (Å²) in [4.78, 5) is 8.11. The maximum atomic E-state index is 15.6. The first-order valence-electron chi connectivity index (χ1n) is 31.0. The molecule has 0 heterocycles. The van der Waals surface area contributed by atoms with Crippen LogP contribution < -0.4 is 33.8 Å². The lowest BCUT2D eigenvalue weighted by Gasteiger charge is -2.27. The maximum Gasteiger partial charge on any atom is 0.190 e. The quantitative estimate of drug-likeness (QED) is 0.0353. The Morgan fingerprint density at radius 1 is 0.457 bits per heavy atom. The molecule has 0 bridgehead atoms. The average molecular weight is 1260 g/mol. The molecule has 0 saturated heterocycles. The van der Waals surface area contributed by atoms with Crippen LogP contribution in [0.3, 0.4) is 0 Å². The predicted molar refractivity (Wildman–Crippen MR) is 377 cm³/mol. The Balaban J connectivity index is 0.903. The molecule has 0 aliphatic carbocycles. The second kappa shape index (κ2) is 32.1. The Morgan fingerprint density at radius 3 is 1.33 bits per heavy atom. The number of aryl methyl sites for hydroxylation is 1. The molecule has 0 amide bonds. The Hall–Kier alpha value is -10.6. The molecule has 94 heavy (non-hydrogen) atoms. The van der Waals surface area contributed by atoms with Crippen molar-refractivity contribution in [1.29, 1.82) is 0 Å². The zero-order chi connectivity index (χ0) is 65.9. The Kier molecular flexibility index (Phi) is 22.7. The third-order valence-corrected chi connectivity index (χ3v) is 16.1. The number of hydrogen-bond acceptors (Lipinski definition) is 9. The van der Waals surface area contributed by atoms with Crippen LogP contribution in [0.2, 0.25) is 0 Å². The lowest BCUT2D eigenvalue weighted by atomic mass is 10.0. The smallest absolute Gasteiger partial charge is 0.190 e. The highest BCUT2D eigenvalue weighted by Crippen LogP contribution is 2.42. The van der Waals surface area contributed by atoms with Gasteiger partial charge in [0.15, 0.2) is 17.4 Å². The van der Waals surface area contributed by atoms with Crippen molar-refractivity contribution >= 4 is 56.8 Å². The third-order valence-electron chi connectivity index (χ3n) is 16.1. The molecule has 0 aliphatic heterocycles. The molecule has 0 aliphatic rings. The number of ether oxygens (including phenoxy) is 5. The summed E-state index contributed by atoms with van der Waals surface area (Å²) in [6, 6.07) is 75.4. The molecule has 0 spiro atoms. The van der Waals surface area contributed by atoms with Crippen molar-refractivity contribution in [3.05, 3.63) is 306 Å². The van der Waals surface area contributed by atoms with E-state index in [1.54, 1.807) is 26.2 Å². The number of nitrogens with zero attached hydrogens (tertiary/aromatic N) is 4. The van der Waals surface area contributed by atoms with Crippen LogP contribution in [0.5, 0.6) is 17.2 Å². The van der Waals surface area contributed by atoms with Crippen molar-refractivity contribution in [1.82, 2.24) is 0 Å². The van der Waals surface area contributed by atoms with Gasteiger partial charge in [0.2, 0.25) is 0 Å². The molecule has 9 nitrogen and oxygen atoms in total. The van der Waals surface area contributed by atoms with E-state index >= 15 is 13.2 Å². The fourth-order valence-electron chi connectivity index (χ4n) is 11.3. The van der Waals surface area contributed by atoms with Crippen molar-refractivity contribution in [2.24, 2.45) is 0 Å². The van der Waals surface area contributed by atoms with Crippen molar-refractivity contribution < 1.29 is 41.2 Å². The van der Waals surface area contributed by atoms with Gasteiger partial charge in [0.1, 0.15) is 24.0 Å². The van der Waals surface area contributed by atoms with E-state index in [4.69, 9.17) is 23.7 Å². The van der Waals surface area contributed by atoms with Crippen LogP contribution in [0.15, 0.2) is 272 Å². The summed E-state index contributed by atoms with van der Waals surface area (Å²) in [6.45, 7) is 4.49. The lowest BCUT2D eigenvalue weighted by molar-refractivity contribution is 0.185. The van der Waals surface area contributed by atoms with E-state index in [9.17, 15) is 4.39 Å². The van der Waals surface area contributed by atoms with Gasteiger partial charge in [-0.3, -0.25) is 0 Å². The van der Waals surface area contributed by atoms with Gasteiger partial charge < -0.3 is 43.3 Å². The fourth-order valence-corrected chi connectivity index (χ4v) is 11.3. The minimum Gasteiger partial charge on any atom is -0.497 e. The van der Waals surface area contributed by atoms with Gasteiger partial charge in [-0.2, -0.15) is 0 Å². The molecule has 0 N–H and O–H groups in total. The van der Waals surface area contributed by atoms with Crippen LogP contribution in [-0.2, 0) is 22.6 Å². The van der Waals surface area contributed by atoms with E-state index in [-0.39, 0.29) is 18.8 Å². The van der Waals surface area contributed by atoms with Crippen molar-refractivity contribution in [2.45, 2.75) is 33.4 Å². The van der Waals surface area contributed by atoms with E-state index in [1.165, 1.54) is 44.1 Å². The molecule has 0 radical (unpaired) electrons. The molecule has 10 aromatic carbocycles. The number of halogens is 4. The molecule has 0 fully saturated rings. The highest BCUT2D eigenvalue weighted by molar-refractivity contribution is 5.83. The van der Waals surface area contributed by atoms with Gasteiger partial charge >= 0.3 is 0 Å². The molecule has 478 valence electrons. The summed E-state index contributed by atoms with van der Waals surface area (Å²) >= 11 is 0. The normalized spacial score (nSPS) is 11.8. The largest absolute Gasteiger partial charge is 0.497 e. The van der Waals surface area contributed by atoms with E-state index in [0.717, 1.165) is 90.9 Å². The minimum absolute atomic E-state index is 0.248.